The number of aromatic nitrogens is 2. The zero-order valence-electron chi connectivity index (χ0n) is 19.7. The van der Waals surface area contributed by atoms with E-state index in [-0.39, 0.29) is 18.5 Å². The number of halogens is 1. The smallest absolute Gasteiger partial charge is 0.240 e. The highest BCUT2D eigenvalue weighted by Crippen LogP contribution is 2.27. The standard InChI is InChI=1S/C25H29ClN4O3S/c1-5-29(34(32,33)16-15-19-9-7-6-8-10-19)18-24(31)27-23-17-22(25(2,3)4)28-30(23)21-13-11-20(26)12-14-21/h6-17H,5,18H2,1-4H3,(H,27,31). The Kier molecular flexibility index (Phi) is 7.97. The first-order valence-electron chi connectivity index (χ1n) is 10.9. The number of sulfonamides is 1. The van der Waals surface area contributed by atoms with Crippen molar-refractivity contribution in [2.24, 2.45) is 0 Å². The van der Waals surface area contributed by atoms with E-state index < -0.39 is 15.9 Å². The monoisotopic (exact) mass is 500 g/mol. The lowest BCUT2D eigenvalue weighted by Crippen LogP contribution is -2.37. The van der Waals surface area contributed by atoms with Gasteiger partial charge in [-0.25, -0.2) is 13.1 Å². The summed E-state index contributed by atoms with van der Waals surface area (Å²) < 4.78 is 28.4. The summed E-state index contributed by atoms with van der Waals surface area (Å²) in [7, 11) is -3.79. The summed E-state index contributed by atoms with van der Waals surface area (Å²) in [6.45, 7) is 7.59. The Hall–Kier alpha value is -2.94. The Balaban J connectivity index is 1.82. The van der Waals surface area contributed by atoms with Gasteiger partial charge in [-0.1, -0.05) is 69.6 Å². The second-order valence-corrected chi connectivity index (χ2v) is 11.0. The van der Waals surface area contributed by atoms with Gasteiger partial charge in [-0.2, -0.15) is 9.40 Å². The average Bonchev–Trinajstić information content (AvgIpc) is 3.21. The molecule has 3 aromatic rings. The molecule has 0 aliphatic carbocycles. The number of nitrogens with one attached hydrogen (secondary N) is 1. The molecule has 7 nitrogen and oxygen atoms in total. The molecule has 0 radical (unpaired) electrons. The van der Waals surface area contributed by atoms with Crippen molar-refractivity contribution >= 4 is 39.4 Å². The Morgan fingerprint density at radius 3 is 2.35 bits per heavy atom. The van der Waals surface area contributed by atoms with Crippen molar-refractivity contribution in [3.05, 3.63) is 82.4 Å². The summed E-state index contributed by atoms with van der Waals surface area (Å²) in [5.41, 5.74) is 2.01. The van der Waals surface area contributed by atoms with Gasteiger partial charge in [0.1, 0.15) is 5.82 Å². The first-order chi connectivity index (χ1) is 16.0. The molecule has 0 aliphatic rings. The molecule has 1 amide bonds. The van der Waals surface area contributed by atoms with E-state index in [2.05, 4.69) is 10.4 Å². The van der Waals surface area contributed by atoms with E-state index in [1.54, 1.807) is 54.1 Å². The lowest BCUT2D eigenvalue weighted by Gasteiger charge is -2.18. The van der Waals surface area contributed by atoms with E-state index in [0.717, 1.165) is 26.7 Å². The van der Waals surface area contributed by atoms with E-state index in [0.29, 0.717) is 10.8 Å². The zero-order valence-corrected chi connectivity index (χ0v) is 21.3. The average molecular weight is 501 g/mol. The van der Waals surface area contributed by atoms with Gasteiger partial charge in [-0.3, -0.25) is 4.79 Å². The van der Waals surface area contributed by atoms with Crippen LogP contribution in [0, 0.1) is 0 Å². The normalized spacial score (nSPS) is 12.4. The van der Waals surface area contributed by atoms with Crippen molar-refractivity contribution in [3.63, 3.8) is 0 Å². The summed E-state index contributed by atoms with van der Waals surface area (Å²) in [5, 5.41) is 9.19. The van der Waals surface area contributed by atoms with Crippen LogP contribution in [-0.2, 0) is 20.2 Å². The molecule has 0 atom stereocenters. The van der Waals surface area contributed by atoms with Crippen LogP contribution in [0.5, 0.6) is 0 Å². The SMILES string of the molecule is CCN(CC(=O)Nc1cc(C(C)(C)C)nn1-c1ccc(Cl)cc1)S(=O)(=O)C=Cc1ccccc1. The number of amides is 1. The molecule has 0 spiro atoms. The number of likely N-dealkylation sites (N-methyl/N-ethyl adjacent to an activating group) is 1. The van der Waals surface area contributed by atoms with E-state index in [9.17, 15) is 13.2 Å². The van der Waals surface area contributed by atoms with Crippen LogP contribution in [0.15, 0.2) is 66.1 Å². The fourth-order valence-corrected chi connectivity index (χ4v) is 4.44. The first-order valence-corrected chi connectivity index (χ1v) is 12.8. The molecule has 0 bridgehead atoms. The molecule has 0 aliphatic heterocycles. The van der Waals surface area contributed by atoms with Crippen LogP contribution in [0.4, 0.5) is 5.82 Å². The molecular formula is C25H29ClN4O3S. The van der Waals surface area contributed by atoms with Crippen LogP contribution in [-0.4, -0.2) is 41.5 Å². The second-order valence-electron chi connectivity index (χ2n) is 8.79. The lowest BCUT2D eigenvalue weighted by molar-refractivity contribution is -0.116. The van der Waals surface area contributed by atoms with Gasteiger partial charge in [0, 0.05) is 28.5 Å². The molecule has 1 aromatic heterocycles. The Labute approximate surface area is 206 Å². The lowest BCUT2D eigenvalue weighted by atomic mass is 9.92. The van der Waals surface area contributed by atoms with Gasteiger partial charge in [0.05, 0.1) is 17.9 Å². The molecule has 1 N–H and O–H groups in total. The quantitative estimate of drug-likeness (QED) is 0.467. The number of benzene rings is 2. The molecule has 0 fully saturated rings. The van der Waals surface area contributed by atoms with E-state index in [4.69, 9.17) is 11.6 Å². The topological polar surface area (TPSA) is 84.3 Å². The molecular weight excluding hydrogens is 472 g/mol. The summed E-state index contributed by atoms with van der Waals surface area (Å²) in [6, 6.07) is 18.0. The van der Waals surface area contributed by atoms with Crippen LogP contribution < -0.4 is 5.32 Å². The van der Waals surface area contributed by atoms with Crippen molar-refractivity contribution in [2.75, 3.05) is 18.4 Å². The summed E-state index contributed by atoms with van der Waals surface area (Å²) in [5.74, 6) is -0.0142. The predicted octanol–water partition coefficient (Wildman–Crippen LogP) is 5.08. The number of rotatable bonds is 8. The highest BCUT2D eigenvalue weighted by Gasteiger charge is 2.24. The number of hydrogen-bond donors (Lipinski definition) is 1. The molecule has 0 saturated heterocycles. The maximum absolute atomic E-state index is 12.9. The Morgan fingerprint density at radius 1 is 1.12 bits per heavy atom. The maximum Gasteiger partial charge on any atom is 0.240 e. The number of hydrogen-bond acceptors (Lipinski definition) is 4. The van der Waals surface area contributed by atoms with Crippen molar-refractivity contribution in [1.29, 1.82) is 0 Å². The van der Waals surface area contributed by atoms with Crippen LogP contribution in [0.2, 0.25) is 5.02 Å². The minimum absolute atomic E-state index is 0.151. The number of carbonyl (C=O) groups excluding carboxylic acids is 1. The van der Waals surface area contributed by atoms with Crippen molar-refractivity contribution < 1.29 is 13.2 Å². The molecule has 180 valence electrons. The predicted molar refractivity (Wildman–Crippen MR) is 138 cm³/mol. The van der Waals surface area contributed by atoms with Crippen LogP contribution in [0.3, 0.4) is 0 Å². The van der Waals surface area contributed by atoms with Crippen molar-refractivity contribution in [1.82, 2.24) is 14.1 Å². The maximum atomic E-state index is 12.9. The third-order valence-electron chi connectivity index (χ3n) is 5.08. The van der Waals surface area contributed by atoms with Crippen LogP contribution in [0.25, 0.3) is 11.8 Å². The fraction of sp³-hybridized carbons (Fsp3) is 0.280. The number of nitrogens with zero attached hydrogens (tertiary/aromatic N) is 3. The van der Waals surface area contributed by atoms with Gasteiger partial charge in [0.2, 0.25) is 15.9 Å². The highest BCUT2D eigenvalue weighted by atomic mass is 35.5. The summed E-state index contributed by atoms with van der Waals surface area (Å²) >= 11 is 6.01. The molecule has 0 unspecified atom stereocenters. The first kappa shape index (κ1) is 25.7. The minimum Gasteiger partial charge on any atom is -0.309 e. The van der Waals surface area contributed by atoms with Gasteiger partial charge < -0.3 is 5.32 Å². The largest absolute Gasteiger partial charge is 0.309 e. The summed E-state index contributed by atoms with van der Waals surface area (Å²) in [4.78, 5) is 12.9. The number of anilines is 1. The van der Waals surface area contributed by atoms with Gasteiger partial charge in [0.25, 0.3) is 0 Å². The molecule has 3 rings (SSSR count). The van der Waals surface area contributed by atoms with E-state index >= 15 is 0 Å². The van der Waals surface area contributed by atoms with Crippen LogP contribution >= 0.6 is 11.6 Å². The number of carbonyl (C=O) groups is 1. The molecule has 0 saturated carbocycles. The van der Waals surface area contributed by atoms with Gasteiger partial charge in [-0.15, -0.1) is 0 Å². The van der Waals surface area contributed by atoms with E-state index in [1.165, 1.54) is 6.08 Å². The van der Waals surface area contributed by atoms with Gasteiger partial charge >= 0.3 is 0 Å². The second kappa shape index (κ2) is 10.5. The molecule has 1 heterocycles. The third kappa shape index (κ3) is 6.56. The van der Waals surface area contributed by atoms with Crippen molar-refractivity contribution in [2.45, 2.75) is 33.1 Å². The zero-order chi connectivity index (χ0) is 24.9. The van der Waals surface area contributed by atoms with Crippen molar-refractivity contribution in [3.8, 4) is 5.69 Å². The van der Waals surface area contributed by atoms with E-state index in [1.807, 2.05) is 39.0 Å². The minimum atomic E-state index is -3.79. The summed E-state index contributed by atoms with van der Waals surface area (Å²) in [6.07, 6.45) is 1.51. The van der Waals surface area contributed by atoms with Gasteiger partial charge in [0.15, 0.2) is 0 Å². The highest BCUT2D eigenvalue weighted by molar-refractivity contribution is 7.92. The molecule has 34 heavy (non-hydrogen) atoms. The molecule has 2 aromatic carbocycles. The Bertz CT molecular complexity index is 1260. The molecule has 9 heteroatoms. The third-order valence-corrected chi connectivity index (χ3v) is 6.92. The fourth-order valence-electron chi connectivity index (χ4n) is 3.15. The van der Waals surface area contributed by atoms with Gasteiger partial charge in [-0.05, 0) is 35.9 Å². The Morgan fingerprint density at radius 2 is 1.76 bits per heavy atom. The van der Waals surface area contributed by atoms with Crippen LogP contribution in [0.1, 0.15) is 39.0 Å².